The second kappa shape index (κ2) is 5.92. The summed E-state index contributed by atoms with van der Waals surface area (Å²) < 4.78 is 18.4. The molecule has 1 N–H and O–H groups in total. The molecule has 0 fully saturated rings. The van der Waals surface area contributed by atoms with E-state index in [1.54, 1.807) is 24.4 Å². The van der Waals surface area contributed by atoms with E-state index in [9.17, 15) is 9.18 Å². The number of pyridine rings is 1. The van der Waals surface area contributed by atoms with E-state index in [1.165, 1.54) is 18.2 Å². The maximum absolute atomic E-state index is 13.0. The van der Waals surface area contributed by atoms with Gasteiger partial charge in [-0.3, -0.25) is 4.79 Å². The molecule has 106 valence electrons. The molecule has 0 bridgehead atoms. The number of thioether (sulfide) groups is 1. The van der Waals surface area contributed by atoms with E-state index in [2.05, 4.69) is 15.3 Å². The van der Waals surface area contributed by atoms with Crippen molar-refractivity contribution >= 4 is 34.6 Å². The lowest BCUT2D eigenvalue weighted by Gasteiger charge is -2.03. The molecule has 0 radical (unpaired) electrons. The first-order valence-electron chi connectivity index (χ1n) is 6.10. The van der Waals surface area contributed by atoms with Gasteiger partial charge >= 0.3 is 0 Å². The monoisotopic (exact) mass is 303 g/mol. The van der Waals surface area contributed by atoms with E-state index in [4.69, 9.17) is 4.42 Å². The van der Waals surface area contributed by atoms with Gasteiger partial charge in [0.2, 0.25) is 5.91 Å². The summed E-state index contributed by atoms with van der Waals surface area (Å²) in [5.74, 6) is -0.546. The lowest BCUT2D eigenvalue weighted by molar-refractivity contribution is -0.113. The molecule has 0 spiro atoms. The third kappa shape index (κ3) is 3.38. The molecule has 2 aromatic heterocycles. The molecule has 0 aliphatic heterocycles. The van der Waals surface area contributed by atoms with Crippen LogP contribution in [0.15, 0.2) is 52.2 Å². The summed E-state index contributed by atoms with van der Waals surface area (Å²) in [6.07, 6.45) is 1.62. The van der Waals surface area contributed by atoms with Crippen LogP contribution in [0.5, 0.6) is 0 Å². The van der Waals surface area contributed by atoms with Crippen molar-refractivity contribution in [2.45, 2.75) is 5.22 Å². The molecule has 0 saturated carbocycles. The zero-order chi connectivity index (χ0) is 14.7. The van der Waals surface area contributed by atoms with E-state index in [-0.39, 0.29) is 11.7 Å². The smallest absolute Gasteiger partial charge is 0.258 e. The quantitative estimate of drug-likeness (QED) is 0.750. The number of nitrogens with zero attached hydrogens (tertiary/aromatic N) is 2. The summed E-state index contributed by atoms with van der Waals surface area (Å²) in [7, 11) is 0. The number of halogens is 1. The molecule has 0 atom stereocenters. The van der Waals surface area contributed by atoms with Gasteiger partial charge < -0.3 is 9.73 Å². The minimum Gasteiger partial charge on any atom is -0.430 e. The molecule has 21 heavy (non-hydrogen) atoms. The third-order valence-corrected chi connectivity index (χ3v) is 3.41. The molecular weight excluding hydrogens is 293 g/mol. The Morgan fingerprint density at radius 3 is 3.05 bits per heavy atom. The van der Waals surface area contributed by atoms with Crippen LogP contribution in [0, 0.1) is 5.82 Å². The Kier molecular flexibility index (Phi) is 3.83. The Balaban J connectivity index is 1.60. The summed E-state index contributed by atoms with van der Waals surface area (Å²) in [5, 5.41) is 2.98. The highest BCUT2D eigenvalue weighted by Gasteiger charge is 2.10. The lowest BCUT2D eigenvalue weighted by atomic mass is 10.3. The van der Waals surface area contributed by atoms with Crippen LogP contribution in [0.3, 0.4) is 0 Å². The first kappa shape index (κ1) is 13.6. The van der Waals surface area contributed by atoms with Crippen LogP contribution in [-0.4, -0.2) is 21.6 Å². The van der Waals surface area contributed by atoms with Crippen molar-refractivity contribution in [1.82, 2.24) is 9.97 Å². The second-order valence-corrected chi connectivity index (χ2v) is 5.08. The first-order chi connectivity index (χ1) is 10.2. The number of hydrogen-bond donors (Lipinski definition) is 1. The summed E-state index contributed by atoms with van der Waals surface area (Å²) in [4.78, 5) is 20.0. The van der Waals surface area contributed by atoms with Gasteiger partial charge in [0.05, 0.1) is 5.75 Å². The number of amides is 1. The van der Waals surface area contributed by atoms with Gasteiger partial charge in [0, 0.05) is 11.9 Å². The maximum atomic E-state index is 13.0. The van der Waals surface area contributed by atoms with Crippen molar-refractivity contribution in [3.63, 3.8) is 0 Å². The van der Waals surface area contributed by atoms with Crippen LogP contribution >= 0.6 is 11.8 Å². The van der Waals surface area contributed by atoms with Crippen molar-refractivity contribution in [2.75, 3.05) is 11.1 Å². The van der Waals surface area contributed by atoms with Gasteiger partial charge in [0.25, 0.3) is 5.22 Å². The Hall–Kier alpha value is -2.41. The number of carbonyl (C=O) groups excluding carboxylic acids is 1. The SMILES string of the molecule is O=C(CSc1nc2ncccc2o1)Nc1cccc(F)c1. The highest BCUT2D eigenvalue weighted by molar-refractivity contribution is 7.99. The molecule has 3 aromatic rings. The fourth-order valence-electron chi connectivity index (χ4n) is 1.70. The Morgan fingerprint density at radius 2 is 2.24 bits per heavy atom. The molecular formula is C14H10FN3O2S. The molecule has 1 aromatic carbocycles. The number of benzene rings is 1. The summed E-state index contributed by atoms with van der Waals surface area (Å²) in [5.41, 5.74) is 1.50. The van der Waals surface area contributed by atoms with Gasteiger partial charge in [0.1, 0.15) is 5.82 Å². The molecule has 0 aliphatic rings. The zero-order valence-electron chi connectivity index (χ0n) is 10.7. The van der Waals surface area contributed by atoms with E-state index >= 15 is 0 Å². The van der Waals surface area contributed by atoms with Gasteiger partial charge in [0.15, 0.2) is 11.2 Å². The van der Waals surface area contributed by atoms with Gasteiger partial charge in [-0.2, -0.15) is 4.98 Å². The fraction of sp³-hybridized carbons (Fsp3) is 0.0714. The van der Waals surface area contributed by atoms with Crippen molar-refractivity contribution in [3.8, 4) is 0 Å². The molecule has 1 amide bonds. The summed E-state index contributed by atoms with van der Waals surface area (Å²) in [6.45, 7) is 0. The molecule has 0 saturated heterocycles. The normalized spacial score (nSPS) is 10.7. The molecule has 7 heteroatoms. The van der Waals surface area contributed by atoms with E-state index in [1.807, 2.05) is 0 Å². The van der Waals surface area contributed by atoms with Gasteiger partial charge in [-0.25, -0.2) is 9.37 Å². The minimum absolute atomic E-state index is 0.114. The second-order valence-electron chi connectivity index (χ2n) is 4.15. The maximum Gasteiger partial charge on any atom is 0.258 e. The highest BCUT2D eigenvalue weighted by atomic mass is 32.2. The highest BCUT2D eigenvalue weighted by Crippen LogP contribution is 2.22. The van der Waals surface area contributed by atoms with Crippen molar-refractivity contribution in [3.05, 3.63) is 48.4 Å². The predicted octanol–water partition coefficient (Wildman–Crippen LogP) is 3.09. The van der Waals surface area contributed by atoms with Crippen LogP contribution in [0.25, 0.3) is 11.2 Å². The van der Waals surface area contributed by atoms with E-state index < -0.39 is 5.82 Å². The summed E-state index contributed by atoms with van der Waals surface area (Å²) >= 11 is 1.15. The number of aromatic nitrogens is 2. The number of oxazole rings is 1. The molecule has 5 nitrogen and oxygen atoms in total. The summed E-state index contributed by atoms with van der Waals surface area (Å²) in [6, 6.07) is 9.23. The molecule has 0 unspecified atom stereocenters. The van der Waals surface area contributed by atoms with Crippen molar-refractivity contribution in [1.29, 1.82) is 0 Å². The molecule has 3 rings (SSSR count). The first-order valence-corrected chi connectivity index (χ1v) is 7.09. The third-order valence-electron chi connectivity index (χ3n) is 2.58. The van der Waals surface area contributed by atoms with Gasteiger partial charge in [-0.15, -0.1) is 0 Å². The largest absolute Gasteiger partial charge is 0.430 e. The van der Waals surface area contributed by atoms with Crippen LogP contribution in [0.4, 0.5) is 10.1 Å². The van der Waals surface area contributed by atoms with E-state index in [0.717, 1.165) is 11.8 Å². The van der Waals surface area contributed by atoms with E-state index in [0.29, 0.717) is 22.1 Å². The van der Waals surface area contributed by atoms with Crippen molar-refractivity contribution < 1.29 is 13.6 Å². The number of rotatable bonds is 4. The van der Waals surface area contributed by atoms with Gasteiger partial charge in [-0.05, 0) is 30.3 Å². The van der Waals surface area contributed by atoms with Crippen LogP contribution < -0.4 is 5.32 Å². The van der Waals surface area contributed by atoms with Crippen LogP contribution in [0.1, 0.15) is 0 Å². The number of fused-ring (bicyclic) bond motifs is 1. The van der Waals surface area contributed by atoms with Crippen LogP contribution in [-0.2, 0) is 4.79 Å². The average molecular weight is 303 g/mol. The lowest BCUT2D eigenvalue weighted by Crippen LogP contribution is -2.14. The number of carbonyl (C=O) groups is 1. The predicted molar refractivity (Wildman–Crippen MR) is 77.6 cm³/mol. The zero-order valence-corrected chi connectivity index (χ0v) is 11.6. The fourth-order valence-corrected chi connectivity index (χ4v) is 2.33. The topological polar surface area (TPSA) is 68.0 Å². The molecule has 0 aliphatic carbocycles. The average Bonchev–Trinajstić information content (AvgIpc) is 2.88. The molecule has 2 heterocycles. The Bertz CT molecular complexity index is 757. The van der Waals surface area contributed by atoms with Crippen molar-refractivity contribution in [2.24, 2.45) is 0 Å². The van der Waals surface area contributed by atoms with Crippen LogP contribution in [0.2, 0.25) is 0 Å². The standard InChI is InChI=1S/C14H10FN3O2S/c15-9-3-1-4-10(7-9)17-12(19)8-21-14-18-13-11(20-14)5-2-6-16-13/h1-7H,8H2,(H,17,19). The Labute approximate surface area is 123 Å². The minimum atomic E-state index is -0.398. The number of hydrogen-bond acceptors (Lipinski definition) is 5. The van der Waals surface area contributed by atoms with Gasteiger partial charge in [-0.1, -0.05) is 17.8 Å². The number of anilines is 1. The number of nitrogens with one attached hydrogen (secondary N) is 1. The Morgan fingerprint density at radius 1 is 1.33 bits per heavy atom.